The predicted octanol–water partition coefficient (Wildman–Crippen LogP) is 3.30. The van der Waals surface area contributed by atoms with Crippen LogP contribution >= 0.6 is 11.3 Å². The van der Waals surface area contributed by atoms with Crippen molar-refractivity contribution in [3.05, 3.63) is 51.4 Å². The summed E-state index contributed by atoms with van der Waals surface area (Å²) in [5, 5.41) is 3.21. The van der Waals surface area contributed by atoms with Gasteiger partial charge in [0.05, 0.1) is 25.7 Å². The molecule has 1 aromatic heterocycles. The van der Waals surface area contributed by atoms with Crippen molar-refractivity contribution in [2.45, 2.75) is 25.7 Å². The maximum Gasteiger partial charge on any atom is 0.341 e. The molecule has 1 amide bonds. The second-order valence-electron chi connectivity index (χ2n) is 6.07. The van der Waals surface area contributed by atoms with E-state index in [1.54, 1.807) is 18.2 Å². The lowest BCUT2D eigenvalue weighted by Crippen LogP contribution is -2.17. The lowest BCUT2D eigenvalue weighted by molar-refractivity contribution is -0.142. The van der Waals surface area contributed by atoms with E-state index in [1.165, 1.54) is 25.6 Å². The summed E-state index contributed by atoms with van der Waals surface area (Å²) >= 11 is 1.31. The summed E-state index contributed by atoms with van der Waals surface area (Å²) in [7, 11) is 2.60. The average molecular weight is 373 g/mol. The lowest BCUT2D eigenvalue weighted by Gasteiger charge is -2.12. The van der Waals surface area contributed by atoms with Gasteiger partial charge in [0.25, 0.3) is 5.91 Å². The number of aryl methyl sites for hydroxylation is 2. The van der Waals surface area contributed by atoms with Crippen LogP contribution in [0.4, 0.5) is 5.00 Å². The number of carbonyl (C=O) groups is 3. The zero-order valence-corrected chi connectivity index (χ0v) is 15.6. The predicted molar refractivity (Wildman–Crippen MR) is 97.9 cm³/mol. The number of benzene rings is 1. The number of nitrogens with one attached hydrogen (secondary N) is 1. The Labute approximate surface area is 155 Å². The van der Waals surface area contributed by atoms with Gasteiger partial charge >= 0.3 is 11.9 Å². The van der Waals surface area contributed by atoms with Gasteiger partial charge in [-0.1, -0.05) is 17.7 Å². The number of hydrogen-bond acceptors (Lipinski definition) is 6. The molecule has 0 spiro atoms. The van der Waals surface area contributed by atoms with Gasteiger partial charge in [0.2, 0.25) is 0 Å². The fourth-order valence-corrected chi connectivity index (χ4v) is 4.46. The van der Waals surface area contributed by atoms with Crippen LogP contribution < -0.4 is 5.32 Å². The topological polar surface area (TPSA) is 81.7 Å². The molecule has 0 saturated carbocycles. The van der Waals surface area contributed by atoms with Gasteiger partial charge in [-0.05, 0) is 37.5 Å². The van der Waals surface area contributed by atoms with Crippen LogP contribution in [-0.2, 0) is 20.7 Å². The van der Waals surface area contributed by atoms with Crippen LogP contribution in [-0.4, -0.2) is 32.1 Å². The maximum atomic E-state index is 12.6. The molecule has 2 aromatic rings. The highest BCUT2D eigenvalue weighted by Gasteiger charge is 2.38. The molecule has 26 heavy (non-hydrogen) atoms. The second-order valence-corrected chi connectivity index (χ2v) is 7.18. The molecule has 0 fully saturated rings. The average Bonchev–Trinajstić information content (AvgIpc) is 3.19. The highest BCUT2D eigenvalue weighted by atomic mass is 32.1. The Morgan fingerprint density at radius 1 is 1.19 bits per heavy atom. The molecular weight excluding hydrogens is 354 g/mol. The van der Waals surface area contributed by atoms with E-state index in [9.17, 15) is 14.4 Å². The minimum Gasteiger partial charge on any atom is -0.469 e. The molecule has 1 atom stereocenters. The highest BCUT2D eigenvalue weighted by Crippen LogP contribution is 2.46. The van der Waals surface area contributed by atoms with Crippen molar-refractivity contribution < 1.29 is 23.9 Å². The Kier molecular flexibility index (Phi) is 5.08. The fraction of sp³-hybridized carbons (Fsp3) is 0.316. The van der Waals surface area contributed by atoms with E-state index in [-0.39, 0.29) is 17.4 Å². The summed E-state index contributed by atoms with van der Waals surface area (Å²) in [6, 6.07) is 7.18. The Morgan fingerprint density at radius 3 is 2.62 bits per heavy atom. The van der Waals surface area contributed by atoms with Crippen LogP contribution in [0.15, 0.2) is 24.3 Å². The first-order valence-electron chi connectivity index (χ1n) is 8.16. The number of carbonyl (C=O) groups excluding carboxylic acids is 3. The summed E-state index contributed by atoms with van der Waals surface area (Å²) in [5.74, 6) is -1.78. The van der Waals surface area contributed by atoms with Gasteiger partial charge < -0.3 is 14.8 Å². The summed E-state index contributed by atoms with van der Waals surface area (Å²) < 4.78 is 9.75. The normalized spacial score (nSPS) is 15.3. The molecule has 0 bridgehead atoms. The number of ether oxygens (including phenoxy) is 2. The third kappa shape index (κ3) is 3.22. The van der Waals surface area contributed by atoms with E-state index >= 15 is 0 Å². The minimum atomic E-state index is -0.571. The minimum absolute atomic E-state index is 0.251. The molecular formula is C19H19NO5S. The van der Waals surface area contributed by atoms with Crippen molar-refractivity contribution in [2.24, 2.45) is 0 Å². The van der Waals surface area contributed by atoms with Gasteiger partial charge in [-0.2, -0.15) is 0 Å². The monoisotopic (exact) mass is 373 g/mol. The molecule has 0 aliphatic heterocycles. The molecule has 7 heteroatoms. The zero-order valence-electron chi connectivity index (χ0n) is 14.8. The van der Waals surface area contributed by atoms with Crippen LogP contribution in [0.1, 0.15) is 49.1 Å². The molecule has 136 valence electrons. The molecule has 1 aliphatic rings. The van der Waals surface area contributed by atoms with Crippen LogP contribution in [0.25, 0.3) is 0 Å². The zero-order chi connectivity index (χ0) is 18.8. The van der Waals surface area contributed by atoms with Crippen LogP contribution in [0, 0.1) is 6.92 Å². The van der Waals surface area contributed by atoms with Gasteiger partial charge in [0.1, 0.15) is 5.00 Å². The molecule has 6 nitrogen and oxygen atoms in total. The Bertz CT molecular complexity index is 886. The number of amides is 1. The van der Waals surface area contributed by atoms with E-state index in [2.05, 4.69) is 5.32 Å². The number of anilines is 1. The van der Waals surface area contributed by atoms with Crippen LogP contribution in [0.5, 0.6) is 0 Å². The van der Waals surface area contributed by atoms with Crippen LogP contribution in [0.2, 0.25) is 0 Å². The van der Waals surface area contributed by atoms with Crippen molar-refractivity contribution >= 4 is 34.2 Å². The van der Waals surface area contributed by atoms with Gasteiger partial charge in [-0.3, -0.25) is 9.59 Å². The van der Waals surface area contributed by atoms with Crippen molar-refractivity contribution in [1.29, 1.82) is 0 Å². The number of thiophene rings is 1. The number of rotatable bonds is 4. The van der Waals surface area contributed by atoms with Crippen molar-refractivity contribution in [1.82, 2.24) is 0 Å². The third-order valence-corrected chi connectivity index (χ3v) is 5.59. The SMILES string of the molecule is COC(=O)c1c(NC(=O)c2cccc(C)c2)sc2c1C(C(=O)OC)CC2. The van der Waals surface area contributed by atoms with E-state index in [0.29, 0.717) is 29.0 Å². The number of methoxy groups -OCH3 is 2. The standard InChI is InChI=1S/C19H19NO5S/c1-10-5-4-6-11(9-10)16(21)20-17-15(19(23)25-3)14-12(18(22)24-2)7-8-13(14)26-17/h4-6,9,12H,7-8H2,1-3H3,(H,20,21). The summed E-state index contributed by atoms with van der Waals surface area (Å²) in [6.07, 6.45) is 1.24. The first-order chi connectivity index (χ1) is 12.5. The Balaban J connectivity index is 1.99. The maximum absolute atomic E-state index is 12.6. The van der Waals surface area contributed by atoms with Gasteiger partial charge in [0.15, 0.2) is 0 Å². The number of hydrogen-bond donors (Lipinski definition) is 1. The molecule has 1 aromatic carbocycles. The van der Waals surface area contributed by atoms with Crippen molar-refractivity contribution in [2.75, 3.05) is 19.5 Å². The summed E-state index contributed by atoms with van der Waals surface area (Å²) in [6.45, 7) is 1.90. The quantitative estimate of drug-likeness (QED) is 0.832. The molecule has 1 N–H and O–H groups in total. The Hall–Kier alpha value is -2.67. The second kappa shape index (κ2) is 7.29. The smallest absolute Gasteiger partial charge is 0.341 e. The van der Waals surface area contributed by atoms with Crippen molar-refractivity contribution in [3.8, 4) is 0 Å². The molecule has 0 radical (unpaired) electrons. The number of esters is 2. The summed E-state index contributed by atoms with van der Waals surface area (Å²) in [5.41, 5.74) is 2.33. The van der Waals surface area contributed by atoms with Crippen LogP contribution in [0.3, 0.4) is 0 Å². The molecule has 1 aliphatic carbocycles. The largest absolute Gasteiger partial charge is 0.469 e. The molecule has 3 rings (SSSR count). The first-order valence-corrected chi connectivity index (χ1v) is 8.97. The van der Waals surface area contributed by atoms with E-state index < -0.39 is 11.9 Å². The van der Waals surface area contributed by atoms with E-state index in [4.69, 9.17) is 9.47 Å². The van der Waals surface area contributed by atoms with Gasteiger partial charge in [-0.25, -0.2) is 4.79 Å². The number of fused-ring (bicyclic) bond motifs is 1. The molecule has 1 unspecified atom stereocenters. The van der Waals surface area contributed by atoms with E-state index in [1.807, 2.05) is 13.0 Å². The lowest BCUT2D eigenvalue weighted by atomic mass is 9.99. The van der Waals surface area contributed by atoms with Gasteiger partial charge in [0, 0.05) is 10.4 Å². The third-order valence-electron chi connectivity index (χ3n) is 4.41. The Morgan fingerprint density at radius 2 is 1.96 bits per heavy atom. The highest BCUT2D eigenvalue weighted by molar-refractivity contribution is 7.17. The summed E-state index contributed by atoms with van der Waals surface area (Å²) in [4.78, 5) is 37.9. The molecule has 0 saturated heterocycles. The first kappa shape index (κ1) is 18.1. The van der Waals surface area contributed by atoms with Crippen molar-refractivity contribution in [3.63, 3.8) is 0 Å². The van der Waals surface area contributed by atoms with E-state index in [0.717, 1.165) is 10.4 Å². The fourth-order valence-electron chi connectivity index (χ4n) is 3.20. The van der Waals surface area contributed by atoms with Gasteiger partial charge in [-0.15, -0.1) is 11.3 Å². The molecule has 1 heterocycles.